The molecule has 82 valence electrons. The lowest BCUT2D eigenvalue weighted by molar-refractivity contribution is 0.776. The lowest BCUT2D eigenvalue weighted by Crippen LogP contribution is -2.18. The molecule has 1 aromatic heterocycles. The zero-order valence-corrected chi connectivity index (χ0v) is 9.66. The number of aromatic nitrogens is 2. The van der Waals surface area contributed by atoms with Crippen LogP contribution in [0.2, 0.25) is 0 Å². The standard InChI is InChI=1S/C11H12N4S/c1-15-10(6-7-13-15)8-2-4-9(5-3-8)14-11(12)16/h2-7H,1H3,(H3,12,14,16). The van der Waals surface area contributed by atoms with Crippen molar-refractivity contribution in [1.29, 1.82) is 0 Å². The summed E-state index contributed by atoms with van der Waals surface area (Å²) in [7, 11) is 1.91. The molecule has 4 nitrogen and oxygen atoms in total. The van der Waals surface area contributed by atoms with Gasteiger partial charge in [0.15, 0.2) is 5.11 Å². The number of hydrogen-bond acceptors (Lipinski definition) is 2. The smallest absolute Gasteiger partial charge is 0.168 e. The van der Waals surface area contributed by atoms with Gasteiger partial charge in [0.2, 0.25) is 0 Å². The van der Waals surface area contributed by atoms with Crippen LogP contribution in [0, 0.1) is 0 Å². The van der Waals surface area contributed by atoms with E-state index >= 15 is 0 Å². The molecule has 0 saturated carbocycles. The third kappa shape index (κ3) is 2.20. The summed E-state index contributed by atoms with van der Waals surface area (Å²) in [6, 6.07) is 9.83. The van der Waals surface area contributed by atoms with Crippen LogP contribution in [0.5, 0.6) is 0 Å². The summed E-state index contributed by atoms with van der Waals surface area (Å²) in [6.07, 6.45) is 1.77. The molecule has 0 aliphatic rings. The van der Waals surface area contributed by atoms with Crippen LogP contribution in [0.25, 0.3) is 11.3 Å². The number of hydrogen-bond donors (Lipinski definition) is 2. The van der Waals surface area contributed by atoms with Crippen LogP contribution in [0.15, 0.2) is 36.5 Å². The molecule has 0 fully saturated rings. The van der Waals surface area contributed by atoms with Gasteiger partial charge >= 0.3 is 0 Å². The SMILES string of the molecule is Cn1nccc1-c1ccc(NC(N)=S)cc1. The first-order chi connectivity index (χ1) is 7.66. The number of aryl methyl sites for hydroxylation is 1. The normalized spacial score (nSPS) is 10.1. The Morgan fingerprint density at radius 2 is 2.00 bits per heavy atom. The Kier molecular flexibility index (Phi) is 2.87. The Bertz CT molecular complexity index is 501. The largest absolute Gasteiger partial charge is 0.376 e. The lowest BCUT2D eigenvalue weighted by atomic mass is 10.1. The van der Waals surface area contributed by atoms with Gasteiger partial charge in [-0.05, 0) is 36.0 Å². The van der Waals surface area contributed by atoms with Crippen molar-refractivity contribution in [2.24, 2.45) is 12.8 Å². The number of rotatable bonds is 2. The highest BCUT2D eigenvalue weighted by molar-refractivity contribution is 7.80. The number of anilines is 1. The van der Waals surface area contributed by atoms with E-state index < -0.39 is 0 Å². The molecule has 5 heteroatoms. The van der Waals surface area contributed by atoms with Gasteiger partial charge in [-0.2, -0.15) is 5.10 Å². The van der Waals surface area contributed by atoms with Gasteiger partial charge in [-0.15, -0.1) is 0 Å². The Hall–Kier alpha value is -1.88. The number of nitrogens with two attached hydrogens (primary N) is 1. The molecule has 1 aromatic carbocycles. The van der Waals surface area contributed by atoms with E-state index in [1.807, 2.05) is 42.1 Å². The van der Waals surface area contributed by atoms with Gasteiger partial charge in [0, 0.05) is 18.9 Å². The fourth-order valence-corrected chi connectivity index (χ4v) is 1.64. The molecule has 3 N–H and O–H groups in total. The van der Waals surface area contributed by atoms with Gasteiger partial charge in [0.25, 0.3) is 0 Å². The molecule has 0 amide bonds. The zero-order chi connectivity index (χ0) is 11.5. The molecule has 0 aliphatic heterocycles. The summed E-state index contributed by atoms with van der Waals surface area (Å²) >= 11 is 4.76. The molecule has 0 spiro atoms. The molecule has 16 heavy (non-hydrogen) atoms. The van der Waals surface area contributed by atoms with Crippen LogP contribution < -0.4 is 11.1 Å². The highest BCUT2D eigenvalue weighted by atomic mass is 32.1. The number of nitrogens with one attached hydrogen (secondary N) is 1. The maximum Gasteiger partial charge on any atom is 0.168 e. The van der Waals surface area contributed by atoms with Crippen LogP contribution in [0.4, 0.5) is 5.69 Å². The van der Waals surface area contributed by atoms with Crippen molar-refractivity contribution in [2.45, 2.75) is 0 Å². The van der Waals surface area contributed by atoms with E-state index in [9.17, 15) is 0 Å². The minimum atomic E-state index is 0.272. The van der Waals surface area contributed by atoms with Crippen LogP contribution in [0.1, 0.15) is 0 Å². The lowest BCUT2D eigenvalue weighted by Gasteiger charge is -2.05. The summed E-state index contributed by atoms with van der Waals surface area (Å²) in [5.41, 5.74) is 8.45. The third-order valence-electron chi connectivity index (χ3n) is 2.27. The Labute approximate surface area is 99.1 Å². The Morgan fingerprint density at radius 1 is 1.31 bits per heavy atom. The topological polar surface area (TPSA) is 55.9 Å². The van der Waals surface area contributed by atoms with Crippen molar-refractivity contribution >= 4 is 23.0 Å². The van der Waals surface area contributed by atoms with Gasteiger partial charge < -0.3 is 11.1 Å². The van der Waals surface area contributed by atoms with Crippen molar-refractivity contribution < 1.29 is 0 Å². The first-order valence-corrected chi connectivity index (χ1v) is 5.22. The van der Waals surface area contributed by atoms with Crippen molar-refractivity contribution in [1.82, 2.24) is 9.78 Å². The van der Waals surface area contributed by atoms with E-state index in [1.165, 1.54) is 0 Å². The molecule has 0 bridgehead atoms. The van der Waals surface area contributed by atoms with Crippen molar-refractivity contribution in [3.63, 3.8) is 0 Å². The number of benzene rings is 1. The molecule has 2 aromatic rings. The van der Waals surface area contributed by atoms with Crippen LogP contribution in [-0.2, 0) is 7.05 Å². The molecule has 0 radical (unpaired) electrons. The second kappa shape index (κ2) is 4.32. The quantitative estimate of drug-likeness (QED) is 0.774. The van der Waals surface area contributed by atoms with Crippen LogP contribution in [-0.4, -0.2) is 14.9 Å². The summed E-state index contributed by atoms with van der Waals surface area (Å²) in [5, 5.41) is 7.27. The molecule has 0 atom stereocenters. The summed E-state index contributed by atoms with van der Waals surface area (Å²) in [6.45, 7) is 0. The van der Waals surface area contributed by atoms with Gasteiger partial charge in [0.1, 0.15) is 0 Å². The third-order valence-corrected chi connectivity index (χ3v) is 2.37. The predicted molar refractivity (Wildman–Crippen MR) is 69.1 cm³/mol. The molecule has 2 rings (SSSR count). The van der Waals surface area contributed by atoms with E-state index in [1.54, 1.807) is 6.20 Å². The maximum atomic E-state index is 5.39. The predicted octanol–water partition coefficient (Wildman–Crippen LogP) is 1.74. The second-order valence-electron chi connectivity index (χ2n) is 3.41. The van der Waals surface area contributed by atoms with E-state index in [2.05, 4.69) is 10.4 Å². The van der Waals surface area contributed by atoms with E-state index in [4.69, 9.17) is 18.0 Å². The molecular weight excluding hydrogens is 220 g/mol. The Morgan fingerprint density at radius 3 is 2.50 bits per heavy atom. The van der Waals surface area contributed by atoms with E-state index in [-0.39, 0.29) is 5.11 Å². The van der Waals surface area contributed by atoms with E-state index in [0.29, 0.717) is 0 Å². The first kappa shape index (κ1) is 10.6. The highest BCUT2D eigenvalue weighted by Crippen LogP contribution is 2.20. The monoisotopic (exact) mass is 232 g/mol. The number of thiocarbonyl (C=S) groups is 1. The minimum Gasteiger partial charge on any atom is -0.376 e. The summed E-state index contributed by atoms with van der Waals surface area (Å²) < 4.78 is 1.83. The van der Waals surface area contributed by atoms with Gasteiger partial charge in [-0.25, -0.2) is 0 Å². The summed E-state index contributed by atoms with van der Waals surface area (Å²) in [5.74, 6) is 0. The fourth-order valence-electron chi connectivity index (χ4n) is 1.52. The minimum absolute atomic E-state index is 0.272. The zero-order valence-electron chi connectivity index (χ0n) is 8.84. The Balaban J connectivity index is 2.26. The molecular formula is C11H12N4S. The first-order valence-electron chi connectivity index (χ1n) is 4.82. The average Bonchev–Trinajstić information content (AvgIpc) is 2.65. The van der Waals surface area contributed by atoms with Crippen molar-refractivity contribution in [2.75, 3.05) is 5.32 Å². The molecule has 0 saturated heterocycles. The van der Waals surface area contributed by atoms with E-state index in [0.717, 1.165) is 16.9 Å². The van der Waals surface area contributed by atoms with Gasteiger partial charge in [-0.1, -0.05) is 12.1 Å². The van der Waals surface area contributed by atoms with Crippen molar-refractivity contribution in [3.8, 4) is 11.3 Å². The fraction of sp³-hybridized carbons (Fsp3) is 0.0909. The highest BCUT2D eigenvalue weighted by Gasteiger charge is 2.01. The molecule has 1 heterocycles. The molecule has 0 aliphatic carbocycles. The van der Waals surface area contributed by atoms with Crippen molar-refractivity contribution in [3.05, 3.63) is 36.5 Å². The molecule has 0 unspecified atom stereocenters. The van der Waals surface area contributed by atoms with Crippen LogP contribution in [0.3, 0.4) is 0 Å². The van der Waals surface area contributed by atoms with Crippen LogP contribution >= 0.6 is 12.2 Å². The van der Waals surface area contributed by atoms with Gasteiger partial charge in [-0.3, -0.25) is 4.68 Å². The average molecular weight is 232 g/mol. The van der Waals surface area contributed by atoms with Gasteiger partial charge in [0.05, 0.1) is 5.69 Å². The second-order valence-corrected chi connectivity index (χ2v) is 3.85. The number of nitrogens with zero attached hydrogens (tertiary/aromatic N) is 2. The summed E-state index contributed by atoms with van der Waals surface area (Å²) in [4.78, 5) is 0. The maximum absolute atomic E-state index is 5.39.